The number of rotatable bonds is 4. The van der Waals surface area contributed by atoms with Gasteiger partial charge in [0, 0.05) is 38.7 Å². The lowest BCUT2D eigenvalue weighted by Crippen LogP contribution is -2.46. The van der Waals surface area contributed by atoms with Crippen LogP contribution < -0.4 is 5.32 Å². The molecule has 2 fully saturated rings. The summed E-state index contributed by atoms with van der Waals surface area (Å²) in [5, 5.41) is 3.50. The zero-order chi connectivity index (χ0) is 17.5. The number of nitrogens with zero attached hydrogens (tertiary/aromatic N) is 2. The van der Waals surface area contributed by atoms with Crippen molar-refractivity contribution in [3.63, 3.8) is 0 Å². The molecule has 0 bridgehead atoms. The molecule has 1 aromatic rings. The number of likely N-dealkylation sites (tertiary alicyclic amines) is 1. The lowest BCUT2D eigenvalue weighted by atomic mass is 9.89. The molecule has 0 spiro atoms. The van der Waals surface area contributed by atoms with E-state index in [1.807, 2.05) is 0 Å². The molecule has 0 saturated carbocycles. The number of guanidine groups is 1. The fourth-order valence-corrected chi connectivity index (χ4v) is 4.05. The molecule has 0 aromatic heterocycles. The highest BCUT2D eigenvalue weighted by Crippen LogP contribution is 2.33. The zero-order valence-electron chi connectivity index (χ0n) is 15.8. The van der Waals surface area contributed by atoms with Crippen LogP contribution in [0.2, 0.25) is 0 Å². The molecule has 1 aromatic carbocycles. The van der Waals surface area contributed by atoms with Crippen molar-refractivity contribution in [3.8, 4) is 0 Å². The number of piperidine rings is 1. The predicted molar refractivity (Wildman–Crippen MR) is 104 cm³/mol. The van der Waals surface area contributed by atoms with Gasteiger partial charge in [0.2, 0.25) is 0 Å². The summed E-state index contributed by atoms with van der Waals surface area (Å²) in [5.41, 5.74) is 1.29. The van der Waals surface area contributed by atoms with Crippen molar-refractivity contribution in [1.29, 1.82) is 0 Å². The van der Waals surface area contributed by atoms with Crippen molar-refractivity contribution in [3.05, 3.63) is 35.9 Å². The summed E-state index contributed by atoms with van der Waals surface area (Å²) >= 11 is 0. The second-order valence-corrected chi connectivity index (χ2v) is 7.49. The van der Waals surface area contributed by atoms with E-state index in [2.05, 4.69) is 54.4 Å². The number of ether oxygens (including phenoxy) is 1. The number of hydrogen-bond acceptors (Lipinski definition) is 2. The van der Waals surface area contributed by atoms with Crippen LogP contribution in [-0.2, 0) is 4.74 Å². The molecule has 2 aliphatic heterocycles. The Balaban J connectivity index is 1.69. The first-order valence-corrected chi connectivity index (χ1v) is 9.97. The fraction of sp³-hybridized carbons (Fsp3) is 0.667. The Morgan fingerprint density at radius 1 is 1.24 bits per heavy atom. The van der Waals surface area contributed by atoms with Crippen LogP contribution in [0.3, 0.4) is 0 Å². The molecule has 138 valence electrons. The summed E-state index contributed by atoms with van der Waals surface area (Å²) in [4.78, 5) is 7.47. The second kappa shape index (κ2) is 9.23. The SMILES string of the molecule is CCNC(=NCC1CCCOC1c1ccccc1)N1CCCC(C)C1. The molecule has 3 atom stereocenters. The molecular formula is C21H33N3O. The normalized spacial score (nSPS) is 28.0. The molecule has 3 unspecified atom stereocenters. The van der Waals surface area contributed by atoms with Gasteiger partial charge in [-0.05, 0) is 44.1 Å². The van der Waals surface area contributed by atoms with Crippen LogP contribution in [0.4, 0.5) is 0 Å². The van der Waals surface area contributed by atoms with E-state index in [1.165, 1.54) is 24.8 Å². The molecule has 2 aliphatic rings. The van der Waals surface area contributed by atoms with Crippen molar-refractivity contribution in [1.82, 2.24) is 10.2 Å². The van der Waals surface area contributed by atoms with Crippen LogP contribution in [-0.4, -0.2) is 43.6 Å². The molecule has 0 aliphatic carbocycles. The van der Waals surface area contributed by atoms with Gasteiger partial charge < -0.3 is 15.0 Å². The first-order valence-electron chi connectivity index (χ1n) is 9.97. The highest BCUT2D eigenvalue weighted by molar-refractivity contribution is 5.80. The Morgan fingerprint density at radius 2 is 2.08 bits per heavy atom. The molecule has 0 amide bonds. The van der Waals surface area contributed by atoms with Gasteiger partial charge in [-0.2, -0.15) is 0 Å². The van der Waals surface area contributed by atoms with Crippen molar-refractivity contribution < 1.29 is 4.74 Å². The van der Waals surface area contributed by atoms with Crippen LogP contribution in [0, 0.1) is 11.8 Å². The van der Waals surface area contributed by atoms with Gasteiger partial charge in [0.25, 0.3) is 0 Å². The van der Waals surface area contributed by atoms with Gasteiger partial charge in [0.05, 0.1) is 6.10 Å². The number of hydrogen-bond donors (Lipinski definition) is 1. The van der Waals surface area contributed by atoms with Crippen molar-refractivity contribution >= 4 is 5.96 Å². The first kappa shape index (κ1) is 18.2. The van der Waals surface area contributed by atoms with Crippen LogP contribution in [0.1, 0.15) is 51.2 Å². The predicted octanol–water partition coefficient (Wildman–Crippen LogP) is 3.85. The molecule has 4 heteroatoms. The van der Waals surface area contributed by atoms with Gasteiger partial charge in [-0.1, -0.05) is 37.3 Å². The van der Waals surface area contributed by atoms with E-state index in [9.17, 15) is 0 Å². The Hall–Kier alpha value is -1.55. The van der Waals surface area contributed by atoms with E-state index >= 15 is 0 Å². The van der Waals surface area contributed by atoms with Gasteiger partial charge in [-0.25, -0.2) is 0 Å². The molecular weight excluding hydrogens is 310 g/mol. The minimum absolute atomic E-state index is 0.182. The van der Waals surface area contributed by atoms with Crippen LogP contribution in [0.5, 0.6) is 0 Å². The second-order valence-electron chi connectivity index (χ2n) is 7.49. The summed E-state index contributed by atoms with van der Waals surface area (Å²) in [7, 11) is 0. The minimum atomic E-state index is 0.182. The molecule has 4 nitrogen and oxygen atoms in total. The van der Waals surface area contributed by atoms with E-state index in [4.69, 9.17) is 9.73 Å². The van der Waals surface area contributed by atoms with Crippen molar-refractivity contribution in [2.45, 2.75) is 45.6 Å². The highest BCUT2D eigenvalue weighted by atomic mass is 16.5. The standard InChI is InChI=1S/C21H33N3O/c1-3-22-21(24-13-7-9-17(2)16-24)23-15-19-12-8-14-25-20(19)18-10-5-4-6-11-18/h4-6,10-11,17,19-20H,3,7-9,12-16H2,1-2H3,(H,22,23). The fourth-order valence-electron chi connectivity index (χ4n) is 4.05. The molecule has 25 heavy (non-hydrogen) atoms. The summed E-state index contributed by atoms with van der Waals surface area (Å²) in [6.07, 6.45) is 5.12. The highest BCUT2D eigenvalue weighted by Gasteiger charge is 2.28. The molecule has 3 rings (SSSR count). The van der Waals surface area contributed by atoms with Gasteiger partial charge in [-0.15, -0.1) is 0 Å². The Morgan fingerprint density at radius 3 is 2.84 bits per heavy atom. The Kier molecular flexibility index (Phi) is 6.74. The quantitative estimate of drug-likeness (QED) is 0.666. The molecule has 0 radical (unpaired) electrons. The lowest BCUT2D eigenvalue weighted by molar-refractivity contribution is -0.0250. The topological polar surface area (TPSA) is 36.9 Å². The number of nitrogens with one attached hydrogen (secondary N) is 1. The maximum absolute atomic E-state index is 6.13. The lowest BCUT2D eigenvalue weighted by Gasteiger charge is -2.35. The van der Waals surface area contributed by atoms with Crippen LogP contribution >= 0.6 is 0 Å². The van der Waals surface area contributed by atoms with Gasteiger partial charge in [0.15, 0.2) is 5.96 Å². The van der Waals surface area contributed by atoms with E-state index in [0.29, 0.717) is 5.92 Å². The maximum atomic E-state index is 6.13. The van der Waals surface area contributed by atoms with Crippen molar-refractivity contribution in [2.24, 2.45) is 16.8 Å². The number of benzene rings is 1. The monoisotopic (exact) mass is 343 g/mol. The van der Waals surface area contributed by atoms with E-state index in [-0.39, 0.29) is 6.10 Å². The van der Waals surface area contributed by atoms with E-state index in [1.54, 1.807) is 0 Å². The van der Waals surface area contributed by atoms with Gasteiger partial charge in [-0.3, -0.25) is 4.99 Å². The smallest absolute Gasteiger partial charge is 0.193 e. The van der Waals surface area contributed by atoms with E-state index in [0.717, 1.165) is 51.1 Å². The Labute approximate surface area is 152 Å². The summed E-state index contributed by atoms with van der Waals surface area (Å²) in [6, 6.07) is 10.6. The average molecular weight is 344 g/mol. The summed E-state index contributed by atoms with van der Waals surface area (Å²) in [5.74, 6) is 2.31. The molecule has 2 saturated heterocycles. The average Bonchev–Trinajstić information content (AvgIpc) is 2.66. The summed E-state index contributed by atoms with van der Waals surface area (Å²) in [6.45, 7) is 9.37. The summed E-state index contributed by atoms with van der Waals surface area (Å²) < 4.78 is 6.13. The van der Waals surface area contributed by atoms with Crippen LogP contribution in [0.15, 0.2) is 35.3 Å². The maximum Gasteiger partial charge on any atom is 0.193 e. The third-order valence-electron chi connectivity index (χ3n) is 5.34. The molecule has 1 N–H and O–H groups in total. The largest absolute Gasteiger partial charge is 0.373 e. The van der Waals surface area contributed by atoms with Crippen LogP contribution in [0.25, 0.3) is 0 Å². The number of aliphatic imine (C=N–C) groups is 1. The molecule has 2 heterocycles. The van der Waals surface area contributed by atoms with Gasteiger partial charge >= 0.3 is 0 Å². The third kappa shape index (κ3) is 4.97. The zero-order valence-corrected chi connectivity index (χ0v) is 15.8. The minimum Gasteiger partial charge on any atom is -0.373 e. The van der Waals surface area contributed by atoms with E-state index < -0.39 is 0 Å². The van der Waals surface area contributed by atoms with Crippen molar-refractivity contribution in [2.75, 3.05) is 32.8 Å². The Bertz CT molecular complexity index is 545. The van der Waals surface area contributed by atoms with Gasteiger partial charge in [0.1, 0.15) is 0 Å². The third-order valence-corrected chi connectivity index (χ3v) is 5.34. The first-order chi connectivity index (χ1) is 12.3.